The number of nitrogens with one attached hydrogen (secondary N) is 1. The molecule has 0 unspecified atom stereocenters. The summed E-state index contributed by atoms with van der Waals surface area (Å²) in [6.07, 6.45) is 2.24. The summed E-state index contributed by atoms with van der Waals surface area (Å²) in [7, 11) is 1.48. The van der Waals surface area contributed by atoms with Crippen molar-refractivity contribution in [2.45, 2.75) is 12.8 Å². The Hall–Kier alpha value is -2.03. The first kappa shape index (κ1) is 12.0. The van der Waals surface area contributed by atoms with E-state index in [1.54, 1.807) is 12.1 Å². The van der Waals surface area contributed by atoms with Crippen molar-refractivity contribution in [3.63, 3.8) is 0 Å². The van der Waals surface area contributed by atoms with Gasteiger partial charge in [-0.25, -0.2) is 4.39 Å². The second kappa shape index (κ2) is 4.92. The molecule has 1 aliphatic heterocycles. The van der Waals surface area contributed by atoms with Gasteiger partial charge in [-0.1, -0.05) is 24.3 Å². The zero-order valence-corrected chi connectivity index (χ0v) is 10.9. The van der Waals surface area contributed by atoms with Crippen molar-refractivity contribution in [3.05, 3.63) is 47.8 Å². The maximum atomic E-state index is 14.2. The van der Waals surface area contributed by atoms with Gasteiger partial charge in [0.15, 0.2) is 11.6 Å². The Bertz CT molecular complexity index is 610. The van der Waals surface area contributed by atoms with Crippen LogP contribution >= 0.6 is 0 Å². The molecule has 3 heteroatoms. The highest BCUT2D eigenvalue weighted by Crippen LogP contribution is 2.32. The minimum absolute atomic E-state index is 0.281. The average Bonchev–Trinajstić information content (AvgIpc) is 2.47. The molecule has 0 saturated heterocycles. The van der Waals surface area contributed by atoms with Crippen LogP contribution in [0.15, 0.2) is 36.4 Å². The van der Waals surface area contributed by atoms with Gasteiger partial charge in [-0.05, 0) is 36.1 Å². The third-order valence-electron chi connectivity index (χ3n) is 3.54. The molecule has 0 aliphatic carbocycles. The lowest BCUT2D eigenvalue weighted by atomic mass is 9.97. The summed E-state index contributed by atoms with van der Waals surface area (Å²) in [5, 5.41) is 3.37. The van der Waals surface area contributed by atoms with Gasteiger partial charge in [-0.15, -0.1) is 0 Å². The zero-order valence-electron chi connectivity index (χ0n) is 10.9. The second-order valence-corrected chi connectivity index (χ2v) is 4.72. The summed E-state index contributed by atoms with van der Waals surface area (Å²) in [6, 6.07) is 11.3. The highest BCUT2D eigenvalue weighted by Gasteiger charge is 2.13. The quantitative estimate of drug-likeness (QED) is 0.882. The van der Waals surface area contributed by atoms with E-state index in [0.29, 0.717) is 5.56 Å². The summed E-state index contributed by atoms with van der Waals surface area (Å²) in [4.78, 5) is 0. The number of methoxy groups -OCH3 is 1. The third kappa shape index (κ3) is 2.16. The predicted octanol–water partition coefficient (Wildman–Crippen LogP) is 3.86. The van der Waals surface area contributed by atoms with Crippen LogP contribution in [0.5, 0.6) is 5.75 Å². The maximum Gasteiger partial charge on any atom is 0.172 e. The van der Waals surface area contributed by atoms with E-state index >= 15 is 0 Å². The van der Waals surface area contributed by atoms with Gasteiger partial charge in [0.1, 0.15) is 0 Å². The minimum atomic E-state index is -0.305. The maximum absolute atomic E-state index is 14.2. The molecule has 0 bridgehead atoms. The summed E-state index contributed by atoms with van der Waals surface area (Å²) >= 11 is 0. The molecular formula is C16H16FNO. The van der Waals surface area contributed by atoms with Crippen LogP contribution in [-0.2, 0) is 6.42 Å². The Kier molecular flexibility index (Phi) is 3.11. The molecule has 0 aromatic heterocycles. The summed E-state index contributed by atoms with van der Waals surface area (Å²) in [6.45, 7) is 0.983. The van der Waals surface area contributed by atoms with Crippen molar-refractivity contribution < 1.29 is 9.13 Å². The van der Waals surface area contributed by atoms with E-state index in [-0.39, 0.29) is 11.6 Å². The predicted molar refractivity (Wildman–Crippen MR) is 75.2 cm³/mol. The van der Waals surface area contributed by atoms with E-state index < -0.39 is 0 Å². The van der Waals surface area contributed by atoms with Gasteiger partial charge in [-0.3, -0.25) is 0 Å². The zero-order chi connectivity index (χ0) is 13.2. The largest absolute Gasteiger partial charge is 0.494 e. The van der Waals surface area contributed by atoms with Gasteiger partial charge in [-0.2, -0.15) is 0 Å². The van der Waals surface area contributed by atoms with Crippen LogP contribution in [0.4, 0.5) is 10.1 Å². The van der Waals surface area contributed by atoms with Gasteiger partial charge in [0, 0.05) is 17.8 Å². The molecule has 0 spiro atoms. The van der Waals surface area contributed by atoms with Crippen LogP contribution in [0, 0.1) is 5.82 Å². The van der Waals surface area contributed by atoms with E-state index in [9.17, 15) is 4.39 Å². The van der Waals surface area contributed by atoms with Crippen LogP contribution in [0.2, 0.25) is 0 Å². The Morgan fingerprint density at radius 2 is 2.11 bits per heavy atom. The topological polar surface area (TPSA) is 21.3 Å². The van der Waals surface area contributed by atoms with Gasteiger partial charge in [0.05, 0.1) is 7.11 Å². The van der Waals surface area contributed by atoms with Crippen molar-refractivity contribution >= 4 is 5.69 Å². The summed E-state index contributed by atoms with van der Waals surface area (Å²) < 4.78 is 19.3. The Morgan fingerprint density at radius 1 is 1.21 bits per heavy atom. The van der Waals surface area contributed by atoms with Crippen molar-refractivity contribution in [1.29, 1.82) is 0 Å². The number of halogens is 1. The highest BCUT2D eigenvalue weighted by molar-refractivity contribution is 5.72. The molecule has 1 heterocycles. The smallest absolute Gasteiger partial charge is 0.172 e. The number of ether oxygens (including phenoxy) is 1. The molecule has 19 heavy (non-hydrogen) atoms. The summed E-state index contributed by atoms with van der Waals surface area (Å²) in [5.74, 6) is -0.0241. The molecule has 0 saturated carbocycles. The van der Waals surface area contributed by atoms with E-state index in [1.807, 2.05) is 18.2 Å². The van der Waals surface area contributed by atoms with Crippen molar-refractivity contribution in [1.82, 2.24) is 0 Å². The number of anilines is 1. The average molecular weight is 257 g/mol. The van der Waals surface area contributed by atoms with Crippen LogP contribution in [-0.4, -0.2) is 13.7 Å². The van der Waals surface area contributed by atoms with E-state index in [1.165, 1.54) is 12.7 Å². The number of fused-ring (bicyclic) bond motifs is 1. The number of aryl methyl sites for hydroxylation is 1. The van der Waals surface area contributed by atoms with E-state index in [0.717, 1.165) is 30.6 Å². The lowest BCUT2D eigenvalue weighted by Crippen LogP contribution is -2.11. The summed E-state index contributed by atoms with van der Waals surface area (Å²) in [5.41, 5.74) is 3.88. The van der Waals surface area contributed by atoms with Crippen LogP contribution in [0.1, 0.15) is 12.0 Å². The Balaban J connectivity index is 2.07. The fraction of sp³-hybridized carbons (Fsp3) is 0.250. The van der Waals surface area contributed by atoms with Gasteiger partial charge >= 0.3 is 0 Å². The molecule has 2 aromatic rings. The standard InChI is InChI=1S/C16H16FNO/c1-19-15-6-2-5-13(16(15)17)12-8-7-11-4-3-9-18-14(11)10-12/h2,5-8,10,18H,3-4,9H2,1H3. The van der Waals surface area contributed by atoms with Crippen molar-refractivity contribution in [3.8, 4) is 16.9 Å². The van der Waals surface area contributed by atoms with E-state index in [4.69, 9.17) is 4.74 Å². The molecule has 1 aliphatic rings. The van der Waals surface area contributed by atoms with Crippen LogP contribution < -0.4 is 10.1 Å². The number of hydrogen-bond acceptors (Lipinski definition) is 2. The van der Waals surface area contributed by atoms with Gasteiger partial charge in [0.2, 0.25) is 0 Å². The minimum Gasteiger partial charge on any atom is -0.494 e. The SMILES string of the molecule is COc1cccc(-c2ccc3c(c2)NCCC3)c1F. The van der Waals surface area contributed by atoms with E-state index in [2.05, 4.69) is 11.4 Å². The number of benzene rings is 2. The normalized spacial score (nSPS) is 13.6. The molecule has 3 rings (SSSR count). The van der Waals surface area contributed by atoms with Crippen LogP contribution in [0.3, 0.4) is 0 Å². The fourth-order valence-corrected chi connectivity index (χ4v) is 2.52. The molecule has 2 aromatic carbocycles. The fourth-order valence-electron chi connectivity index (χ4n) is 2.52. The highest BCUT2D eigenvalue weighted by atomic mass is 19.1. The molecule has 2 nitrogen and oxygen atoms in total. The van der Waals surface area contributed by atoms with Crippen molar-refractivity contribution in [2.75, 3.05) is 19.0 Å². The lowest BCUT2D eigenvalue weighted by molar-refractivity contribution is 0.387. The number of hydrogen-bond donors (Lipinski definition) is 1. The first-order valence-corrected chi connectivity index (χ1v) is 6.49. The molecule has 0 radical (unpaired) electrons. The Morgan fingerprint density at radius 3 is 2.95 bits per heavy atom. The lowest BCUT2D eigenvalue weighted by Gasteiger charge is -2.19. The van der Waals surface area contributed by atoms with Crippen LogP contribution in [0.25, 0.3) is 11.1 Å². The molecule has 0 amide bonds. The molecule has 98 valence electrons. The molecule has 1 N–H and O–H groups in total. The Labute approximate surface area is 112 Å². The first-order chi connectivity index (χ1) is 9.29. The molecular weight excluding hydrogens is 241 g/mol. The third-order valence-corrected chi connectivity index (χ3v) is 3.54. The number of rotatable bonds is 2. The van der Waals surface area contributed by atoms with Crippen molar-refractivity contribution in [2.24, 2.45) is 0 Å². The first-order valence-electron chi connectivity index (χ1n) is 6.49. The molecule has 0 atom stereocenters. The van der Waals surface area contributed by atoms with Gasteiger partial charge in [0.25, 0.3) is 0 Å². The monoisotopic (exact) mass is 257 g/mol. The second-order valence-electron chi connectivity index (χ2n) is 4.72. The molecule has 0 fully saturated rings. The van der Waals surface area contributed by atoms with Gasteiger partial charge < -0.3 is 10.1 Å².